The lowest BCUT2D eigenvalue weighted by atomic mass is 9.77. The van der Waals surface area contributed by atoms with Crippen LogP contribution >= 0.6 is 0 Å². The van der Waals surface area contributed by atoms with Gasteiger partial charge in [0.25, 0.3) is 5.69 Å². The number of carbonyl (C=O) groups is 1. The number of benzene rings is 1. The van der Waals surface area contributed by atoms with Crippen LogP contribution in [0.2, 0.25) is 0 Å². The quantitative estimate of drug-likeness (QED) is 0.475. The summed E-state index contributed by atoms with van der Waals surface area (Å²) < 4.78 is 19.6. The first-order valence-corrected chi connectivity index (χ1v) is 6.92. The molecule has 1 saturated carbocycles. The molecule has 1 heterocycles. The van der Waals surface area contributed by atoms with Crippen LogP contribution in [0.25, 0.3) is 5.57 Å². The lowest BCUT2D eigenvalue weighted by Crippen LogP contribution is -2.33. The molecule has 1 spiro atoms. The van der Waals surface area contributed by atoms with Gasteiger partial charge in [0, 0.05) is 17.7 Å². The number of hydrogen-bond acceptors (Lipinski definition) is 4. The number of non-ortho nitro benzene ring substituents is 1. The molecular formula is C15H14FNO4. The predicted octanol–water partition coefficient (Wildman–Crippen LogP) is 3.54. The number of nitro benzene ring substituents is 1. The molecule has 0 amide bonds. The zero-order valence-electron chi connectivity index (χ0n) is 11.3. The zero-order valence-corrected chi connectivity index (χ0v) is 11.3. The molecular weight excluding hydrogens is 277 g/mol. The Labute approximate surface area is 120 Å². The summed E-state index contributed by atoms with van der Waals surface area (Å²) in [6.45, 7) is 0. The highest BCUT2D eigenvalue weighted by molar-refractivity contribution is 6.02. The topological polar surface area (TPSA) is 69.4 Å². The summed E-state index contributed by atoms with van der Waals surface area (Å²) in [7, 11) is 0. The summed E-state index contributed by atoms with van der Waals surface area (Å²) in [4.78, 5) is 21.8. The fourth-order valence-electron chi connectivity index (χ4n) is 3.19. The van der Waals surface area contributed by atoms with Crippen LogP contribution in [-0.4, -0.2) is 16.5 Å². The van der Waals surface area contributed by atoms with E-state index >= 15 is 0 Å². The van der Waals surface area contributed by atoms with Gasteiger partial charge in [0.1, 0.15) is 5.60 Å². The summed E-state index contributed by atoms with van der Waals surface area (Å²) in [5.41, 5.74) is -0.231. The number of nitro groups is 1. The first kappa shape index (κ1) is 13.7. The van der Waals surface area contributed by atoms with Crippen molar-refractivity contribution >= 4 is 17.2 Å². The van der Waals surface area contributed by atoms with Crippen molar-refractivity contribution < 1.29 is 18.8 Å². The van der Waals surface area contributed by atoms with Gasteiger partial charge in [-0.1, -0.05) is 6.42 Å². The highest BCUT2D eigenvalue weighted by Gasteiger charge is 2.49. The van der Waals surface area contributed by atoms with E-state index in [9.17, 15) is 19.3 Å². The second-order valence-corrected chi connectivity index (χ2v) is 5.44. The summed E-state index contributed by atoms with van der Waals surface area (Å²) in [6.07, 6.45) is 3.97. The molecule has 1 aliphatic heterocycles. The van der Waals surface area contributed by atoms with E-state index in [-0.39, 0.29) is 11.3 Å². The molecule has 2 aliphatic rings. The maximum atomic E-state index is 14.2. The highest BCUT2D eigenvalue weighted by Crippen LogP contribution is 2.48. The Balaban J connectivity index is 2.04. The third kappa shape index (κ3) is 2.20. The fraction of sp³-hybridized carbons (Fsp3) is 0.400. The molecule has 3 rings (SSSR count). The van der Waals surface area contributed by atoms with E-state index in [4.69, 9.17) is 4.74 Å². The minimum Gasteiger partial charge on any atom is -0.449 e. The second-order valence-electron chi connectivity index (χ2n) is 5.44. The summed E-state index contributed by atoms with van der Waals surface area (Å²) in [5.74, 6) is -1.80. The van der Waals surface area contributed by atoms with Crippen LogP contribution < -0.4 is 0 Å². The third-order valence-corrected chi connectivity index (χ3v) is 4.17. The van der Waals surface area contributed by atoms with Gasteiger partial charge in [-0.3, -0.25) is 10.1 Å². The van der Waals surface area contributed by atoms with Crippen molar-refractivity contribution in [1.29, 1.82) is 0 Å². The van der Waals surface area contributed by atoms with Crippen molar-refractivity contribution in [2.24, 2.45) is 0 Å². The first-order valence-electron chi connectivity index (χ1n) is 6.92. The van der Waals surface area contributed by atoms with Crippen LogP contribution in [0.5, 0.6) is 0 Å². The maximum Gasteiger partial charge on any atom is 0.368 e. The van der Waals surface area contributed by atoms with E-state index in [1.165, 1.54) is 24.3 Å². The van der Waals surface area contributed by atoms with E-state index in [2.05, 4.69) is 0 Å². The molecule has 21 heavy (non-hydrogen) atoms. The van der Waals surface area contributed by atoms with Gasteiger partial charge in [0.2, 0.25) is 5.83 Å². The molecule has 0 N–H and O–H groups in total. The van der Waals surface area contributed by atoms with Gasteiger partial charge in [0.05, 0.1) is 4.92 Å². The molecule has 0 aromatic heterocycles. The molecule has 1 aliphatic carbocycles. The van der Waals surface area contributed by atoms with Gasteiger partial charge >= 0.3 is 5.97 Å². The third-order valence-electron chi connectivity index (χ3n) is 4.17. The molecule has 6 heteroatoms. The van der Waals surface area contributed by atoms with Gasteiger partial charge in [-0.15, -0.1) is 0 Å². The molecule has 0 radical (unpaired) electrons. The molecule has 0 unspecified atom stereocenters. The Hall–Kier alpha value is -2.24. The van der Waals surface area contributed by atoms with Gasteiger partial charge in [0.15, 0.2) is 0 Å². The summed E-state index contributed by atoms with van der Waals surface area (Å²) >= 11 is 0. The lowest BCUT2D eigenvalue weighted by Gasteiger charge is -2.34. The highest BCUT2D eigenvalue weighted by atomic mass is 19.1. The lowest BCUT2D eigenvalue weighted by molar-refractivity contribution is -0.384. The number of hydrogen-bond donors (Lipinski definition) is 0. The zero-order chi connectivity index (χ0) is 15.0. The van der Waals surface area contributed by atoms with Crippen molar-refractivity contribution in [2.45, 2.75) is 37.7 Å². The monoisotopic (exact) mass is 291 g/mol. The Morgan fingerprint density at radius 3 is 2.33 bits per heavy atom. The molecule has 0 saturated heterocycles. The predicted molar refractivity (Wildman–Crippen MR) is 73.0 cm³/mol. The summed E-state index contributed by atoms with van der Waals surface area (Å²) in [5, 5.41) is 10.7. The van der Waals surface area contributed by atoms with Gasteiger partial charge in [-0.2, -0.15) is 4.39 Å². The van der Waals surface area contributed by atoms with E-state index in [1.807, 2.05) is 0 Å². The van der Waals surface area contributed by atoms with E-state index in [1.54, 1.807) is 0 Å². The normalized spacial score (nSPS) is 20.7. The SMILES string of the molecule is O=C1OC2(CCCCC2)C(c2ccc([N+](=O)[O-])cc2)=C1F. The van der Waals surface area contributed by atoms with Crippen molar-refractivity contribution in [3.05, 3.63) is 45.8 Å². The maximum absolute atomic E-state index is 14.2. The van der Waals surface area contributed by atoms with Crippen molar-refractivity contribution in [2.75, 3.05) is 0 Å². The van der Waals surface area contributed by atoms with E-state index in [0.29, 0.717) is 18.4 Å². The average molecular weight is 291 g/mol. The van der Waals surface area contributed by atoms with E-state index in [0.717, 1.165) is 19.3 Å². The Kier molecular flexibility index (Phi) is 3.23. The average Bonchev–Trinajstić information content (AvgIpc) is 2.71. The molecule has 110 valence electrons. The number of esters is 1. The Morgan fingerprint density at radius 2 is 1.76 bits per heavy atom. The van der Waals surface area contributed by atoms with Crippen molar-refractivity contribution in [1.82, 2.24) is 0 Å². The van der Waals surface area contributed by atoms with Gasteiger partial charge in [-0.25, -0.2) is 4.79 Å². The van der Waals surface area contributed by atoms with Gasteiger partial charge < -0.3 is 4.74 Å². The van der Waals surface area contributed by atoms with Crippen molar-refractivity contribution in [3.63, 3.8) is 0 Å². The molecule has 0 atom stereocenters. The van der Waals surface area contributed by atoms with Crippen LogP contribution in [0.15, 0.2) is 30.1 Å². The van der Waals surface area contributed by atoms with E-state index < -0.39 is 22.3 Å². The minimum atomic E-state index is -0.926. The number of halogens is 1. The number of nitrogens with zero attached hydrogens (tertiary/aromatic N) is 1. The minimum absolute atomic E-state index is 0.0669. The van der Waals surface area contributed by atoms with Crippen molar-refractivity contribution in [3.8, 4) is 0 Å². The number of ether oxygens (including phenoxy) is 1. The largest absolute Gasteiger partial charge is 0.449 e. The number of carbonyl (C=O) groups excluding carboxylic acids is 1. The summed E-state index contributed by atoms with van der Waals surface area (Å²) in [6, 6.07) is 5.58. The van der Waals surface area contributed by atoms with Crippen LogP contribution in [0, 0.1) is 10.1 Å². The molecule has 0 bridgehead atoms. The standard InChI is InChI=1S/C15H14FNO4/c16-13-12(10-4-6-11(7-5-10)17(19)20)15(21-14(13)18)8-2-1-3-9-15/h4-7H,1-3,8-9H2. The second kappa shape index (κ2) is 4.95. The Morgan fingerprint density at radius 1 is 1.14 bits per heavy atom. The molecule has 1 aromatic carbocycles. The van der Waals surface area contributed by atoms with Crippen LogP contribution in [0.4, 0.5) is 10.1 Å². The molecule has 1 aromatic rings. The molecule has 5 nitrogen and oxygen atoms in total. The van der Waals surface area contributed by atoms with Crippen LogP contribution in [0.3, 0.4) is 0 Å². The molecule has 1 fully saturated rings. The smallest absolute Gasteiger partial charge is 0.368 e. The Bertz CT molecular complexity index is 630. The van der Waals surface area contributed by atoms with Gasteiger partial charge in [-0.05, 0) is 43.4 Å². The number of rotatable bonds is 2. The van der Waals surface area contributed by atoms with Crippen LogP contribution in [0.1, 0.15) is 37.7 Å². The first-order chi connectivity index (χ1) is 10.0. The van der Waals surface area contributed by atoms with Crippen LogP contribution in [-0.2, 0) is 9.53 Å². The fourth-order valence-corrected chi connectivity index (χ4v) is 3.19.